The summed E-state index contributed by atoms with van der Waals surface area (Å²) in [6.45, 7) is 1.78. The van der Waals surface area contributed by atoms with Gasteiger partial charge in [0.1, 0.15) is 54.7 Å². The minimum absolute atomic E-state index is 0.0532. The molecule has 3 fully saturated rings. The van der Waals surface area contributed by atoms with E-state index in [9.17, 15) is 67.5 Å². The topological polar surface area (TPSA) is 556 Å². The lowest BCUT2D eigenvalue weighted by Crippen LogP contribution is -2.46. The van der Waals surface area contributed by atoms with Crippen molar-refractivity contribution < 1.29 is 108 Å². The Morgan fingerprint density at radius 1 is 0.718 bits per heavy atom. The summed E-state index contributed by atoms with van der Waals surface area (Å²) >= 11 is 0. The van der Waals surface area contributed by atoms with Crippen LogP contribution in [-0.4, -0.2) is 150 Å². The molecular formula is C35H45N14O25P4-3. The van der Waals surface area contributed by atoms with Crippen molar-refractivity contribution in [1.82, 2.24) is 53.6 Å². The first-order valence-electron chi connectivity index (χ1n) is 22.4. The molecule has 428 valence electrons. The number of fused-ring (bicyclic) bond motifs is 3. The zero-order chi connectivity index (χ0) is 56.7. The number of nitrogens with zero attached hydrogens (tertiary/aromatic N) is 9. The maximum absolute atomic E-state index is 14.0. The molecule has 3 aliphatic rings. The van der Waals surface area contributed by atoms with E-state index in [1.165, 1.54) is 38.7 Å². The molecule has 0 aromatic carbocycles. The number of phosphoric ester groups is 3. The van der Waals surface area contributed by atoms with Crippen molar-refractivity contribution in [2.75, 3.05) is 31.8 Å². The van der Waals surface area contributed by atoms with Gasteiger partial charge in [0.2, 0.25) is 17.7 Å². The van der Waals surface area contributed by atoms with Crippen LogP contribution in [0.1, 0.15) is 38.4 Å². The SMILES string of the molecule is CO[C@H]1C(OP(=O)([O-])O[C@H]2O[C@@H](n3cnc4c(=O)[nH]c(C)nc43)[C@@H](O)C2OC(C)C)[C@@H](COP(=O)([O-])OP(=O)([O-])OP(=O)([O-])OC[C@H]2O[C@@H]([n+]3cn(C)c4c(=O)[nH]c(N)nc43)C(O)[C@H]2O)O[C@H]1n1cnc2c(=O)[nH]c(N)nc21. The average molecular weight is 1190 g/mol. The number of phosphoric acid groups is 4. The number of aromatic amines is 3. The van der Waals surface area contributed by atoms with Crippen LogP contribution < -0.4 is 52.3 Å². The predicted octanol–water partition coefficient (Wildman–Crippen LogP) is -5.83. The minimum Gasteiger partial charge on any atom is -0.756 e. The van der Waals surface area contributed by atoms with E-state index in [1.54, 1.807) is 0 Å². The molecule has 0 saturated carbocycles. The van der Waals surface area contributed by atoms with Crippen molar-refractivity contribution in [2.24, 2.45) is 7.05 Å². The Hall–Kier alpha value is -5.15. The summed E-state index contributed by atoms with van der Waals surface area (Å²) in [6.07, 6.45) is -19.2. The number of ether oxygens (including phenoxy) is 5. The monoisotopic (exact) mass is 1190 g/mol. The summed E-state index contributed by atoms with van der Waals surface area (Å²) in [5.41, 5.74) is 8.14. The Kier molecular flexibility index (Phi) is 15.8. The second-order valence-corrected chi connectivity index (χ2v) is 23.4. The van der Waals surface area contributed by atoms with Gasteiger partial charge in [0.25, 0.3) is 53.9 Å². The number of hydrogen-bond donors (Lipinski definition) is 8. The molecule has 39 nitrogen and oxygen atoms in total. The molecule has 0 spiro atoms. The zero-order valence-corrected chi connectivity index (χ0v) is 44.0. The highest BCUT2D eigenvalue weighted by Gasteiger charge is 2.53. The fraction of sp³-hybridized carbons (Fsp3) is 0.571. The van der Waals surface area contributed by atoms with Gasteiger partial charge >= 0.3 is 5.65 Å². The lowest BCUT2D eigenvalue weighted by molar-refractivity contribution is -0.745. The second-order valence-electron chi connectivity index (χ2n) is 17.6. The van der Waals surface area contributed by atoms with Crippen molar-refractivity contribution in [2.45, 2.75) is 101 Å². The molecule has 0 amide bonds. The van der Waals surface area contributed by atoms with Gasteiger partial charge in [0, 0.05) is 7.11 Å². The van der Waals surface area contributed by atoms with Crippen LogP contribution in [-0.2, 0) is 75.7 Å². The highest BCUT2D eigenvalue weighted by atomic mass is 31.3. The number of aryl methyl sites for hydroxylation is 2. The number of anilines is 2. The van der Waals surface area contributed by atoms with Gasteiger partial charge in [-0.1, -0.05) is 4.98 Å². The minimum atomic E-state index is -6.63. The van der Waals surface area contributed by atoms with E-state index >= 15 is 0 Å². The van der Waals surface area contributed by atoms with Gasteiger partial charge in [0.15, 0.2) is 47.4 Å². The van der Waals surface area contributed by atoms with Crippen LogP contribution in [0.4, 0.5) is 11.9 Å². The largest absolute Gasteiger partial charge is 0.756 e. The van der Waals surface area contributed by atoms with E-state index in [0.29, 0.717) is 0 Å². The number of hydrogen-bond acceptors (Lipinski definition) is 32. The summed E-state index contributed by atoms with van der Waals surface area (Å²) in [4.78, 5) is 118. The molecule has 9 rings (SSSR count). The van der Waals surface area contributed by atoms with Crippen molar-refractivity contribution in [3.8, 4) is 0 Å². The number of aromatic nitrogens is 12. The van der Waals surface area contributed by atoms with Gasteiger partial charge in [-0.25, -0.2) is 28.1 Å². The molecular weight excluding hydrogens is 1140 g/mol. The average Bonchev–Trinajstić information content (AvgIpc) is 4.28. The Morgan fingerprint density at radius 2 is 1.29 bits per heavy atom. The van der Waals surface area contributed by atoms with Crippen LogP contribution in [0.25, 0.3) is 33.5 Å². The Labute approximate surface area is 432 Å². The summed E-state index contributed by atoms with van der Waals surface area (Å²) < 4.78 is 114. The molecule has 3 aliphatic heterocycles. The first-order chi connectivity index (χ1) is 36.5. The highest BCUT2D eigenvalue weighted by Crippen LogP contribution is 2.63. The third kappa shape index (κ3) is 11.6. The molecule has 0 aliphatic carbocycles. The van der Waals surface area contributed by atoms with E-state index < -0.39 is 147 Å². The van der Waals surface area contributed by atoms with E-state index in [4.69, 9.17) is 48.7 Å². The van der Waals surface area contributed by atoms with E-state index in [1.807, 2.05) is 0 Å². The number of nitrogens with two attached hydrogens (primary N) is 2. The van der Waals surface area contributed by atoms with Crippen LogP contribution in [0.3, 0.4) is 0 Å². The van der Waals surface area contributed by atoms with Gasteiger partial charge in [-0.2, -0.15) is 4.98 Å². The van der Waals surface area contributed by atoms with Gasteiger partial charge in [-0.15, -0.1) is 0 Å². The fourth-order valence-corrected chi connectivity index (χ4v) is 13.1. The van der Waals surface area contributed by atoms with Crippen molar-refractivity contribution in [3.05, 3.63) is 55.9 Å². The molecule has 9 heterocycles. The molecule has 6 aromatic heterocycles. The summed E-state index contributed by atoms with van der Waals surface area (Å²) in [5, 5.41) is 32.9. The Morgan fingerprint density at radius 3 is 1.92 bits per heavy atom. The number of nitrogen functional groups attached to an aromatic ring is 2. The lowest BCUT2D eigenvalue weighted by atomic mass is 10.1. The van der Waals surface area contributed by atoms with Crippen LogP contribution >= 0.6 is 31.3 Å². The number of imidazole rings is 3. The lowest BCUT2D eigenvalue weighted by Gasteiger charge is -2.35. The van der Waals surface area contributed by atoms with Gasteiger partial charge in [-0.3, -0.25) is 60.8 Å². The number of H-pyrrole nitrogens is 3. The third-order valence-electron chi connectivity index (χ3n) is 11.8. The number of rotatable bonds is 20. The number of nitrogens with one attached hydrogen (secondary N) is 3. The predicted molar refractivity (Wildman–Crippen MR) is 242 cm³/mol. The van der Waals surface area contributed by atoms with Crippen LogP contribution in [0.15, 0.2) is 33.4 Å². The third-order valence-corrected chi connectivity index (χ3v) is 16.9. The number of methoxy groups -OCH3 is 1. The first kappa shape index (κ1) is 57.5. The smallest absolute Gasteiger partial charge is 0.313 e. The molecule has 6 aromatic rings. The molecule has 16 atom stereocenters. The zero-order valence-electron chi connectivity index (χ0n) is 40.4. The molecule has 43 heteroatoms. The summed E-state index contributed by atoms with van der Waals surface area (Å²) in [7, 11) is -22.7. The normalized spacial score (nSPS) is 29.9. The molecule has 3 saturated heterocycles. The van der Waals surface area contributed by atoms with E-state index in [0.717, 1.165) is 33.5 Å². The second kappa shape index (κ2) is 21.4. The van der Waals surface area contributed by atoms with Gasteiger partial charge in [-0.05, 0) is 20.8 Å². The van der Waals surface area contributed by atoms with Crippen LogP contribution in [0, 0.1) is 6.92 Å². The highest BCUT2D eigenvalue weighted by molar-refractivity contribution is 7.65. The summed E-state index contributed by atoms with van der Waals surface area (Å²) in [5.74, 6) is -0.623. The van der Waals surface area contributed by atoms with E-state index in [2.05, 4.69) is 53.0 Å². The Balaban J connectivity index is 0.906. The van der Waals surface area contributed by atoms with Gasteiger partial charge < -0.3 is 88.6 Å². The van der Waals surface area contributed by atoms with Crippen molar-refractivity contribution >= 4 is 76.7 Å². The maximum Gasteiger partial charge on any atom is 0.313 e. The first-order valence-corrected chi connectivity index (χ1v) is 28.2. The molecule has 78 heavy (non-hydrogen) atoms. The Bertz CT molecular complexity index is 3640. The quantitative estimate of drug-likeness (QED) is 0.0261. The maximum atomic E-state index is 14.0. The molecule has 7 unspecified atom stereocenters. The number of aliphatic hydroxyl groups is 3. The number of aliphatic hydroxyl groups excluding tert-OH is 3. The van der Waals surface area contributed by atoms with Crippen LogP contribution in [0.5, 0.6) is 0 Å². The van der Waals surface area contributed by atoms with Crippen molar-refractivity contribution in [3.63, 3.8) is 0 Å². The van der Waals surface area contributed by atoms with Gasteiger partial charge in [0.05, 0.1) is 39.0 Å². The standard InChI is InChI=1S/C35H48N14O25P4/c1-11(2)67-22-20(52)31(47-8-38-15-24(47)40-12(3)41-27(15)53)70-33(22)72-77(60,61)71-21-14(69-32(23(21)64-5)48-9-39-16-25(48)42-34(36)44-28(16)54)7-66-76(58,59)74-78(62,63)73-75(56,57)65-6-13-18(50)19(51)30(68-13)49-10-46(4)17-26(49)43-35(37)45-29(17)55/h8-11,13-14,18-23,30-33,50-52H,6-7H2,1-5H3,(H10-,36,37,40,41,42,43,44,45,53,54,55,56,57,58,59,60,61,62,63)/p-3/t13-,14-,18+,19?,20+,21?,22?,23+,30-,31-,32-,33-/m1/s1. The fourth-order valence-electron chi connectivity index (χ4n) is 8.68. The van der Waals surface area contributed by atoms with Crippen LogP contribution in [0.2, 0.25) is 0 Å². The molecule has 10 N–H and O–H groups in total. The van der Waals surface area contributed by atoms with E-state index in [-0.39, 0.29) is 45.3 Å². The van der Waals surface area contributed by atoms with Crippen molar-refractivity contribution in [1.29, 1.82) is 0 Å². The summed E-state index contributed by atoms with van der Waals surface area (Å²) in [6, 6.07) is 0. The molecule has 0 bridgehead atoms. The molecule has 0 radical (unpaired) electrons.